The van der Waals surface area contributed by atoms with Crippen LogP contribution >= 0.6 is 0 Å². The first-order valence-corrected chi connectivity index (χ1v) is 10.4. The molecule has 4 aromatic rings. The van der Waals surface area contributed by atoms with Crippen molar-refractivity contribution >= 4 is 38.4 Å². The quantitative estimate of drug-likeness (QED) is 0.378. The molecule has 0 saturated carbocycles. The van der Waals surface area contributed by atoms with Crippen molar-refractivity contribution in [2.24, 2.45) is 0 Å². The van der Waals surface area contributed by atoms with E-state index in [1.54, 1.807) is 0 Å². The number of benzene rings is 4. The van der Waals surface area contributed by atoms with Gasteiger partial charge in [-0.25, -0.2) is 4.79 Å². The van der Waals surface area contributed by atoms with E-state index in [2.05, 4.69) is 68.7 Å². The van der Waals surface area contributed by atoms with Crippen molar-refractivity contribution in [2.45, 2.75) is 6.42 Å². The van der Waals surface area contributed by atoms with Gasteiger partial charge in [-0.3, -0.25) is 4.90 Å². The van der Waals surface area contributed by atoms with Gasteiger partial charge in [-0.15, -0.1) is 0 Å². The number of rotatable bonds is 3. The third-order valence-corrected chi connectivity index (χ3v) is 6.42. The lowest BCUT2D eigenvalue weighted by atomic mass is 9.91. The Hall–Kier alpha value is -2.85. The Morgan fingerprint density at radius 2 is 1.52 bits per heavy atom. The van der Waals surface area contributed by atoms with Crippen LogP contribution in [0.3, 0.4) is 0 Å². The van der Waals surface area contributed by atoms with E-state index >= 15 is 0 Å². The van der Waals surface area contributed by atoms with E-state index < -0.39 is 0 Å². The SMILES string of the molecule is C[N+]1(C)CCN(C(=O)OCCc2ccc3ccc4cccc5ccc2c3c45)CC1. The lowest BCUT2D eigenvalue weighted by molar-refractivity contribution is -0.894. The van der Waals surface area contributed by atoms with E-state index in [-0.39, 0.29) is 6.09 Å². The minimum Gasteiger partial charge on any atom is -0.449 e. The van der Waals surface area contributed by atoms with Gasteiger partial charge in [0.15, 0.2) is 0 Å². The van der Waals surface area contributed by atoms with Gasteiger partial charge >= 0.3 is 6.09 Å². The van der Waals surface area contributed by atoms with E-state index in [0.29, 0.717) is 6.61 Å². The molecule has 1 heterocycles. The van der Waals surface area contributed by atoms with Crippen molar-refractivity contribution in [3.63, 3.8) is 0 Å². The van der Waals surface area contributed by atoms with Gasteiger partial charge < -0.3 is 9.22 Å². The predicted octanol–water partition coefficient (Wildman–Crippen LogP) is 4.66. The summed E-state index contributed by atoms with van der Waals surface area (Å²) in [5.74, 6) is 0. The normalized spacial score (nSPS) is 16.7. The fraction of sp³-hybridized carbons (Fsp3) is 0.320. The summed E-state index contributed by atoms with van der Waals surface area (Å²) in [6.07, 6.45) is 0.553. The molecule has 0 spiro atoms. The molecular weight excluding hydrogens is 360 g/mol. The molecule has 1 aliphatic rings. The molecule has 0 aliphatic carbocycles. The smallest absolute Gasteiger partial charge is 0.410 e. The molecule has 0 bridgehead atoms. The predicted molar refractivity (Wildman–Crippen MR) is 119 cm³/mol. The standard InChI is InChI=1S/C25H27N2O2/c1-27(2)15-13-26(14-16-27)25(28)29-17-12-18-6-7-21-9-8-19-4-3-5-20-10-11-22(18)24(21)23(19)20/h3-11H,12-17H2,1-2H3/q+1. The van der Waals surface area contributed by atoms with Gasteiger partial charge in [0.05, 0.1) is 46.9 Å². The molecule has 4 nitrogen and oxygen atoms in total. The number of hydrogen-bond donors (Lipinski definition) is 0. The second-order valence-electron chi connectivity index (χ2n) is 8.82. The molecule has 0 unspecified atom stereocenters. The Morgan fingerprint density at radius 1 is 0.897 bits per heavy atom. The van der Waals surface area contributed by atoms with Crippen molar-refractivity contribution in [3.8, 4) is 0 Å². The zero-order valence-corrected chi connectivity index (χ0v) is 17.1. The Kier molecular flexibility index (Phi) is 4.32. The second-order valence-corrected chi connectivity index (χ2v) is 8.82. The highest BCUT2D eigenvalue weighted by Gasteiger charge is 2.28. The second kappa shape index (κ2) is 6.89. The number of likely N-dealkylation sites (N-methyl/N-ethyl adjacent to an activating group) is 1. The summed E-state index contributed by atoms with van der Waals surface area (Å²) in [4.78, 5) is 14.3. The van der Waals surface area contributed by atoms with Crippen LogP contribution in [0.25, 0.3) is 32.3 Å². The van der Waals surface area contributed by atoms with Gasteiger partial charge in [0.1, 0.15) is 0 Å². The van der Waals surface area contributed by atoms with Gasteiger partial charge in [0.25, 0.3) is 0 Å². The number of ether oxygens (including phenoxy) is 1. The number of quaternary nitrogens is 1. The molecule has 148 valence electrons. The molecule has 1 amide bonds. The first-order valence-electron chi connectivity index (χ1n) is 10.4. The summed E-state index contributed by atoms with van der Waals surface area (Å²) in [6.45, 7) is 3.90. The number of hydrogen-bond acceptors (Lipinski definition) is 2. The molecule has 1 fully saturated rings. The molecule has 0 aromatic heterocycles. The first kappa shape index (κ1) is 18.2. The topological polar surface area (TPSA) is 29.5 Å². The largest absolute Gasteiger partial charge is 0.449 e. The molecule has 1 saturated heterocycles. The van der Waals surface area contributed by atoms with E-state index in [4.69, 9.17) is 4.74 Å². The van der Waals surface area contributed by atoms with Crippen LogP contribution in [0, 0.1) is 0 Å². The molecule has 1 aliphatic heterocycles. The lowest BCUT2D eigenvalue weighted by Gasteiger charge is -2.38. The maximum absolute atomic E-state index is 12.4. The lowest BCUT2D eigenvalue weighted by Crippen LogP contribution is -2.56. The Morgan fingerprint density at radius 3 is 2.24 bits per heavy atom. The van der Waals surface area contributed by atoms with Gasteiger partial charge in [-0.2, -0.15) is 0 Å². The number of piperazine rings is 1. The summed E-state index contributed by atoms with van der Waals surface area (Å²) >= 11 is 0. The van der Waals surface area contributed by atoms with Crippen molar-refractivity contribution < 1.29 is 14.0 Å². The Labute approximate surface area is 171 Å². The maximum atomic E-state index is 12.4. The number of amides is 1. The van der Waals surface area contributed by atoms with Gasteiger partial charge in [0.2, 0.25) is 0 Å². The van der Waals surface area contributed by atoms with E-state index in [0.717, 1.165) is 37.1 Å². The van der Waals surface area contributed by atoms with E-state index in [9.17, 15) is 4.79 Å². The molecule has 4 heteroatoms. The van der Waals surface area contributed by atoms with Crippen LogP contribution in [-0.2, 0) is 11.2 Å². The minimum atomic E-state index is -0.178. The highest BCUT2D eigenvalue weighted by molar-refractivity contribution is 6.23. The molecule has 0 N–H and O–H groups in total. The first-order chi connectivity index (χ1) is 14.0. The summed E-state index contributed by atoms with van der Waals surface area (Å²) in [5.41, 5.74) is 1.24. The highest BCUT2D eigenvalue weighted by Crippen LogP contribution is 2.36. The average Bonchev–Trinajstić information content (AvgIpc) is 2.72. The van der Waals surface area contributed by atoms with E-state index in [1.807, 2.05) is 4.90 Å². The zero-order valence-electron chi connectivity index (χ0n) is 17.1. The third kappa shape index (κ3) is 3.28. The van der Waals surface area contributed by atoms with Crippen LogP contribution in [0.4, 0.5) is 4.79 Å². The molecule has 5 rings (SSSR count). The van der Waals surface area contributed by atoms with Crippen LogP contribution in [0.15, 0.2) is 54.6 Å². The van der Waals surface area contributed by atoms with Crippen molar-refractivity contribution in [3.05, 3.63) is 60.2 Å². The molecule has 0 radical (unpaired) electrons. The van der Waals surface area contributed by atoms with Gasteiger partial charge in [-0.1, -0.05) is 54.6 Å². The molecular formula is C25H27N2O2+. The number of nitrogens with zero attached hydrogens (tertiary/aromatic N) is 2. The number of carbonyl (C=O) groups is 1. The summed E-state index contributed by atoms with van der Waals surface area (Å²) < 4.78 is 6.59. The van der Waals surface area contributed by atoms with Crippen molar-refractivity contribution in [1.29, 1.82) is 0 Å². The maximum Gasteiger partial charge on any atom is 0.410 e. The van der Waals surface area contributed by atoms with Crippen LogP contribution in [-0.4, -0.2) is 62.4 Å². The average molecular weight is 388 g/mol. The Balaban J connectivity index is 1.35. The van der Waals surface area contributed by atoms with Gasteiger partial charge in [-0.05, 0) is 37.9 Å². The number of carbonyl (C=O) groups excluding carboxylic acids is 1. The molecule has 29 heavy (non-hydrogen) atoms. The summed E-state index contributed by atoms with van der Waals surface area (Å²) in [5, 5.41) is 7.72. The monoisotopic (exact) mass is 387 g/mol. The third-order valence-electron chi connectivity index (χ3n) is 6.42. The minimum absolute atomic E-state index is 0.178. The summed E-state index contributed by atoms with van der Waals surface area (Å²) in [7, 11) is 4.41. The summed E-state index contributed by atoms with van der Waals surface area (Å²) in [6, 6.07) is 19.6. The Bertz CT molecular complexity index is 1170. The van der Waals surface area contributed by atoms with Crippen LogP contribution in [0.1, 0.15) is 5.56 Å². The van der Waals surface area contributed by atoms with Crippen LogP contribution in [0.5, 0.6) is 0 Å². The van der Waals surface area contributed by atoms with E-state index in [1.165, 1.54) is 37.9 Å². The van der Waals surface area contributed by atoms with Crippen molar-refractivity contribution in [2.75, 3.05) is 46.9 Å². The fourth-order valence-electron chi connectivity index (χ4n) is 4.54. The van der Waals surface area contributed by atoms with Crippen molar-refractivity contribution in [1.82, 2.24) is 4.90 Å². The zero-order chi connectivity index (χ0) is 20.0. The molecule has 0 atom stereocenters. The van der Waals surface area contributed by atoms with Crippen LogP contribution in [0.2, 0.25) is 0 Å². The van der Waals surface area contributed by atoms with Crippen LogP contribution < -0.4 is 0 Å². The molecule has 4 aromatic carbocycles. The van der Waals surface area contributed by atoms with Gasteiger partial charge in [0, 0.05) is 6.42 Å². The highest BCUT2D eigenvalue weighted by atomic mass is 16.6. The fourth-order valence-corrected chi connectivity index (χ4v) is 4.54.